The smallest absolute Gasteiger partial charge is 0.328 e. The van der Waals surface area contributed by atoms with Crippen molar-refractivity contribution in [2.45, 2.75) is 32.6 Å². The van der Waals surface area contributed by atoms with Crippen LogP contribution in [0.5, 0.6) is 11.8 Å². The average Bonchev–Trinajstić information content (AvgIpc) is 2.92. The van der Waals surface area contributed by atoms with Gasteiger partial charge in [0.1, 0.15) is 5.75 Å². The maximum absolute atomic E-state index is 5.91. The van der Waals surface area contributed by atoms with Gasteiger partial charge in [-0.1, -0.05) is 13.0 Å². The molecular formula is C15H17ClN4O. The number of nitrogens with zero attached hydrogens (tertiary/aromatic N) is 3. The van der Waals surface area contributed by atoms with Crippen molar-refractivity contribution in [1.29, 1.82) is 0 Å². The number of aryl methyl sites for hydroxylation is 2. The summed E-state index contributed by atoms with van der Waals surface area (Å²) in [7, 11) is 0. The summed E-state index contributed by atoms with van der Waals surface area (Å²) in [5.74, 6) is 1.17. The SMILES string of the molecule is CCCNc1nc(Cl)nc(Oc2ccc3c(c2)CCC3)n1. The van der Waals surface area contributed by atoms with Crippen molar-refractivity contribution in [3.8, 4) is 11.8 Å². The molecule has 1 aromatic carbocycles. The average molecular weight is 305 g/mol. The maximum Gasteiger partial charge on any atom is 0.328 e. The molecule has 110 valence electrons. The van der Waals surface area contributed by atoms with Gasteiger partial charge in [-0.15, -0.1) is 0 Å². The first kappa shape index (κ1) is 14.1. The van der Waals surface area contributed by atoms with Gasteiger partial charge < -0.3 is 10.1 Å². The molecule has 0 saturated heterocycles. The largest absolute Gasteiger partial charge is 0.424 e. The third-order valence-corrected chi connectivity index (χ3v) is 3.57. The van der Waals surface area contributed by atoms with E-state index in [4.69, 9.17) is 16.3 Å². The van der Waals surface area contributed by atoms with Gasteiger partial charge in [-0.2, -0.15) is 15.0 Å². The van der Waals surface area contributed by atoms with E-state index in [1.165, 1.54) is 17.5 Å². The first-order valence-electron chi connectivity index (χ1n) is 7.19. The molecule has 3 rings (SSSR count). The van der Waals surface area contributed by atoms with Crippen molar-refractivity contribution in [3.63, 3.8) is 0 Å². The second-order valence-electron chi connectivity index (χ2n) is 5.02. The minimum Gasteiger partial charge on any atom is -0.424 e. The molecule has 0 amide bonds. The zero-order valence-corrected chi connectivity index (χ0v) is 12.7. The number of aromatic nitrogens is 3. The van der Waals surface area contributed by atoms with Gasteiger partial charge in [0.2, 0.25) is 11.2 Å². The van der Waals surface area contributed by atoms with Gasteiger partial charge in [-0.05, 0) is 60.5 Å². The standard InChI is InChI=1S/C15H17ClN4O/c1-2-8-17-14-18-13(16)19-15(20-14)21-12-7-6-10-4-3-5-11(10)9-12/h6-7,9H,2-5,8H2,1H3,(H,17,18,19,20). The van der Waals surface area contributed by atoms with E-state index >= 15 is 0 Å². The van der Waals surface area contributed by atoms with Gasteiger partial charge in [-0.25, -0.2) is 0 Å². The third-order valence-electron chi connectivity index (χ3n) is 3.40. The topological polar surface area (TPSA) is 59.9 Å². The van der Waals surface area contributed by atoms with Crippen molar-refractivity contribution in [2.75, 3.05) is 11.9 Å². The number of fused-ring (bicyclic) bond motifs is 1. The Labute approximate surface area is 128 Å². The Hall–Kier alpha value is -1.88. The normalized spacial score (nSPS) is 13.0. The highest BCUT2D eigenvalue weighted by atomic mass is 35.5. The van der Waals surface area contributed by atoms with Gasteiger partial charge in [0.25, 0.3) is 0 Å². The zero-order chi connectivity index (χ0) is 14.7. The monoisotopic (exact) mass is 304 g/mol. The molecule has 0 saturated carbocycles. The molecule has 0 unspecified atom stereocenters. The van der Waals surface area contributed by atoms with Crippen LogP contribution in [0.25, 0.3) is 0 Å². The fourth-order valence-electron chi connectivity index (χ4n) is 2.41. The van der Waals surface area contributed by atoms with E-state index in [0.29, 0.717) is 5.95 Å². The van der Waals surface area contributed by atoms with Crippen LogP contribution in [-0.4, -0.2) is 21.5 Å². The summed E-state index contributed by atoms with van der Waals surface area (Å²) in [6.07, 6.45) is 4.44. The summed E-state index contributed by atoms with van der Waals surface area (Å²) >= 11 is 5.91. The molecule has 1 aliphatic rings. The van der Waals surface area contributed by atoms with Crippen LogP contribution in [0.15, 0.2) is 18.2 Å². The molecule has 6 heteroatoms. The zero-order valence-electron chi connectivity index (χ0n) is 11.9. The number of anilines is 1. The molecule has 1 N–H and O–H groups in total. The van der Waals surface area contributed by atoms with Crippen molar-refractivity contribution >= 4 is 17.5 Å². The third kappa shape index (κ3) is 3.42. The molecular weight excluding hydrogens is 288 g/mol. The number of hydrogen-bond donors (Lipinski definition) is 1. The van der Waals surface area contributed by atoms with Crippen LogP contribution in [0.3, 0.4) is 0 Å². The van der Waals surface area contributed by atoms with Crippen molar-refractivity contribution in [3.05, 3.63) is 34.6 Å². The van der Waals surface area contributed by atoms with E-state index in [1.54, 1.807) is 0 Å². The van der Waals surface area contributed by atoms with Crippen LogP contribution in [0, 0.1) is 0 Å². The first-order valence-corrected chi connectivity index (χ1v) is 7.57. The quantitative estimate of drug-likeness (QED) is 0.914. The van der Waals surface area contributed by atoms with E-state index in [0.717, 1.165) is 31.6 Å². The predicted octanol–water partition coefficient (Wildman–Crippen LogP) is 3.63. The molecule has 0 spiro atoms. The van der Waals surface area contributed by atoms with Crippen molar-refractivity contribution in [1.82, 2.24) is 15.0 Å². The lowest BCUT2D eigenvalue weighted by molar-refractivity contribution is 0.440. The molecule has 0 bridgehead atoms. The Morgan fingerprint density at radius 2 is 2.05 bits per heavy atom. The lowest BCUT2D eigenvalue weighted by atomic mass is 10.1. The van der Waals surface area contributed by atoms with E-state index in [-0.39, 0.29) is 11.3 Å². The number of rotatable bonds is 5. The van der Waals surface area contributed by atoms with Crippen molar-refractivity contribution in [2.24, 2.45) is 0 Å². The lowest BCUT2D eigenvalue weighted by Crippen LogP contribution is -2.06. The van der Waals surface area contributed by atoms with E-state index in [9.17, 15) is 0 Å². The number of nitrogens with one attached hydrogen (secondary N) is 1. The molecule has 5 nitrogen and oxygen atoms in total. The van der Waals surface area contributed by atoms with E-state index in [2.05, 4.69) is 39.3 Å². The summed E-state index contributed by atoms with van der Waals surface area (Å²) in [4.78, 5) is 12.3. The molecule has 1 heterocycles. The summed E-state index contributed by atoms with van der Waals surface area (Å²) in [5.41, 5.74) is 2.75. The Balaban J connectivity index is 1.79. The first-order chi connectivity index (χ1) is 10.2. The molecule has 21 heavy (non-hydrogen) atoms. The molecule has 0 aliphatic heterocycles. The van der Waals surface area contributed by atoms with Gasteiger partial charge in [0.15, 0.2) is 0 Å². The second-order valence-corrected chi connectivity index (χ2v) is 5.36. The fourth-order valence-corrected chi connectivity index (χ4v) is 2.56. The molecule has 2 aromatic rings. The van der Waals surface area contributed by atoms with Gasteiger partial charge in [0, 0.05) is 6.54 Å². The Morgan fingerprint density at radius 1 is 1.19 bits per heavy atom. The van der Waals surface area contributed by atoms with Gasteiger partial charge in [-0.3, -0.25) is 0 Å². The summed E-state index contributed by atoms with van der Waals surface area (Å²) in [6.45, 7) is 2.84. The number of ether oxygens (including phenoxy) is 1. The van der Waals surface area contributed by atoms with Crippen molar-refractivity contribution < 1.29 is 4.74 Å². The molecule has 0 atom stereocenters. The highest BCUT2D eigenvalue weighted by Gasteiger charge is 2.13. The van der Waals surface area contributed by atoms with Crippen LogP contribution in [-0.2, 0) is 12.8 Å². The number of benzene rings is 1. The minimum atomic E-state index is 0.125. The Bertz CT molecular complexity index is 648. The molecule has 1 aliphatic carbocycles. The molecule has 0 fully saturated rings. The van der Waals surface area contributed by atoms with Crippen LogP contribution in [0.2, 0.25) is 5.28 Å². The Morgan fingerprint density at radius 3 is 2.90 bits per heavy atom. The number of hydrogen-bond acceptors (Lipinski definition) is 5. The van der Waals surface area contributed by atoms with Crippen LogP contribution in [0.1, 0.15) is 30.9 Å². The highest BCUT2D eigenvalue weighted by molar-refractivity contribution is 6.28. The highest BCUT2D eigenvalue weighted by Crippen LogP contribution is 2.28. The Kier molecular flexibility index (Phi) is 4.20. The fraction of sp³-hybridized carbons (Fsp3) is 0.400. The summed E-state index contributed by atoms with van der Waals surface area (Å²) in [6, 6.07) is 6.32. The van der Waals surface area contributed by atoms with E-state index < -0.39 is 0 Å². The van der Waals surface area contributed by atoms with Crippen LogP contribution < -0.4 is 10.1 Å². The summed E-state index contributed by atoms with van der Waals surface area (Å²) in [5, 5.41) is 3.20. The molecule has 1 aromatic heterocycles. The van der Waals surface area contributed by atoms with Crippen LogP contribution in [0.4, 0.5) is 5.95 Å². The molecule has 0 radical (unpaired) electrons. The minimum absolute atomic E-state index is 0.125. The van der Waals surface area contributed by atoms with Crippen LogP contribution >= 0.6 is 11.6 Å². The maximum atomic E-state index is 5.91. The van der Waals surface area contributed by atoms with E-state index in [1.807, 2.05) is 6.07 Å². The van der Waals surface area contributed by atoms with Gasteiger partial charge >= 0.3 is 6.01 Å². The number of halogens is 1. The summed E-state index contributed by atoms with van der Waals surface area (Å²) < 4.78 is 5.72. The second kappa shape index (κ2) is 6.26. The lowest BCUT2D eigenvalue weighted by Gasteiger charge is -2.08. The van der Waals surface area contributed by atoms with Gasteiger partial charge in [0.05, 0.1) is 0 Å². The predicted molar refractivity (Wildman–Crippen MR) is 82.2 cm³/mol.